The molecule has 0 saturated carbocycles. The lowest BCUT2D eigenvalue weighted by molar-refractivity contribution is 0.102. The van der Waals surface area contributed by atoms with E-state index in [1.54, 1.807) is 54.6 Å². The van der Waals surface area contributed by atoms with Crippen LogP contribution in [0, 0.1) is 13.8 Å². The highest BCUT2D eigenvalue weighted by atomic mass is 32.2. The van der Waals surface area contributed by atoms with Crippen LogP contribution in [0.25, 0.3) is 0 Å². The van der Waals surface area contributed by atoms with Gasteiger partial charge >= 0.3 is 0 Å². The minimum absolute atomic E-state index is 0.217. The van der Waals surface area contributed by atoms with Crippen LogP contribution < -0.4 is 9.62 Å². The predicted octanol–water partition coefficient (Wildman–Crippen LogP) is 4.38. The molecular weight excluding hydrogens is 372 g/mol. The third-order valence-electron chi connectivity index (χ3n) is 4.52. The van der Waals surface area contributed by atoms with Gasteiger partial charge in [0.25, 0.3) is 15.9 Å². The summed E-state index contributed by atoms with van der Waals surface area (Å²) in [6.45, 7) is 3.94. The van der Waals surface area contributed by atoms with E-state index in [0.717, 1.165) is 16.8 Å². The zero-order valence-corrected chi connectivity index (χ0v) is 16.8. The molecule has 0 aliphatic heterocycles. The first kappa shape index (κ1) is 19.6. The normalized spacial score (nSPS) is 11.1. The summed E-state index contributed by atoms with van der Waals surface area (Å²) in [6, 6.07) is 20.5. The third-order valence-corrected chi connectivity index (χ3v) is 6.32. The van der Waals surface area contributed by atoms with Crippen LogP contribution in [0.4, 0.5) is 11.4 Å². The van der Waals surface area contributed by atoms with E-state index in [0.29, 0.717) is 11.3 Å². The molecule has 0 aliphatic carbocycles. The summed E-state index contributed by atoms with van der Waals surface area (Å²) in [7, 11) is -2.16. The van der Waals surface area contributed by atoms with Crippen molar-refractivity contribution in [1.82, 2.24) is 0 Å². The minimum Gasteiger partial charge on any atom is -0.322 e. The molecule has 1 N–H and O–H groups in total. The molecule has 5 nitrogen and oxygen atoms in total. The van der Waals surface area contributed by atoms with Gasteiger partial charge in [0, 0.05) is 18.3 Å². The van der Waals surface area contributed by atoms with E-state index in [1.807, 2.05) is 32.0 Å². The fourth-order valence-corrected chi connectivity index (χ4v) is 4.08. The number of hydrogen-bond acceptors (Lipinski definition) is 3. The quantitative estimate of drug-likeness (QED) is 0.698. The Balaban J connectivity index is 1.78. The van der Waals surface area contributed by atoms with E-state index in [-0.39, 0.29) is 10.8 Å². The number of benzene rings is 3. The number of nitrogens with one attached hydrogen (secondary N) is 1. The first-order valence-electron chi connectivity index (χ1n) is 8.82. The number of rotatable bonds is 5. The van der Waals surface area contributed by atoms with E-state index in [2.05, 4.69) is 5.32 Å². The van der Waals surface area contributed by atoms with E-state index in [4.69, 9.17) is 0 Å². The topological polar surface area (TPSA) is 66.5 Å². The standard InChI is InChI=1S/C22H22N2O3S/c1-16-9-14-21(17(2)15-16)23-22(25)18-10-12-19(13-11-18)24(3)28(26,27)20-7-5-4-6-8-20/h4-15H,1-3H3,(H,23,25). The van der Waals surface area contributed by atoms with Gasteiger partial charge in [0.2, 0.25) is 0 Å². The molecule has 3 rings (SSSR count). The summed E-state index contributed by atoms with van der Waals surface area (Å²) in [6.07, 6.45) is 0. The van der Waals surface area contributed by atoms with Gasteiger partial charge in [-0.05, 0) is 61.9 Å². The molecule has 0 aromatic heterocycles. The zero-order valence-electron chi connectivity index (χ0n) is 16.0. The molecule has 3 aromatic rings. The first-order valence-corrected chi connectivity index (χ1v) is 10.3. The van der Waals surface area contributed by atoms with Crippen molar-refractivity contribution < 1.29 is 13.2 Å². The minimum atomic E-state index is -3.65. The lowest BCUT2D eigenvalue weighted by atomic mass is 10.1. The van der Waals surface area contributed by atoms with Crippen molar-refractivity contribution in [3.63, 3.8) is 0 Å². The Morgan fingerprint density at radius 1 is 0.893 bits per heavy atom. The SMILES string of the molecule is Cc1ccc(NC(=O)c2ccc(N(C)S(=O)(=O)c3ccccc3)cc2)c(C)c1. The molecular formula is C22H22N2O3S. The number of carbonyl (C=O) groups is 1. The van der Waals surface area contributed by atoms with Crippen molar-refractivity contribution in [1.29, 1.82) is 0 Å². The monoisotopic (exact) mass is 394 g/mol. The van der Waals surface area contributed by atoms with E-state index >= 15 is 0 Å². The van der Waals surface area contributed by atoms with Gasteiger partial charge in [-0.25, -0.2) is 8.42 Å². The molecule has 0 saturated heterocycles. The largest absolute Gasteiger partial charge is 0.322 e. The van der Waals surface area contributed by atoms with Crippen molar-refractivity contribution in [2.45, 2.75) is 18.7 Å². The molecule has 144 valence electrons. The maximum Gasteiger partial charge on any atom is 0.264 e. The molecule has 0 unspecified atom stereocenters. The Morgan fingerprint density at radius 2 is 1.54 bits per heavy atom. The second-order valence-electron chi connectivity index (χ2n) is 6.60. The maximum absolute atomic E-state index is 12.7. The van der Waals surface area contributed by atoms with E-state index in [1.165, 1.54) is 11.4 Å². The number of sulfonamides is 1. The summed E-state index contributed by atoms with van der Waals surface area (Å²) in [5.41, 5.74) is 3.80. The fraction of sp³-hybridized carbons (Fsp3) is 0.136. The lowest BCUT2D eigenvalue weighted by Crippen LogP contribution is -2.26. The number of carbonyl (C=O) groups excluding carboxylic acids is 1. The Hall–Kier alpha value is -3.12. The Labute approximate surface area is 165 Å². The second-order valence-corrected chi connectivity index (χ2v) is 8.57. The molecule has 0 aliphatic rings. The van der Waals surface area contributed by atoms with Crippen LogP contribution in [-0.4, -0.2) is 21.4 Å². The molecule has 0 heterocycles. The summed E-state index contributed by atoms with van der Waals surface area (Å²) < 4.78 is 26.6. The van der Waals surface area contributed by atoms with Gasteiger partial charge in [0.15, 0.2) is 0 Å². The summed E-state index contributed by atoms with van der Waals surface area (Å²) in [4.78, 5) is 12.7. The van der Waals surface area contributed by atoms with Gasteiger partial charge in [-0.3, -0.25) is 9.10 Å². The first-order chi connectivity index (χ1) is 13.3. The second kappa shape index (κ2) is 7.86. The van der Waals surface area contributed by atoms with Gasteiger partial charge in [-0.15, -0.1) is 0 Å². The molecule has 0 radical (unpaired) electrons. The highest BCUT2D eigenvalue weighted by Crippen LogP contribution is 2.23. The molecule has 3 aromatic carbocycles. The van der Waals surface area contributed by atoms with Crippen molar-refractivity contribution in [2.24, 2.45) is 0 Å². The summed E-state index contributed by atoms with van der Waals surface area (Å²) >= 11 is 0. The fourth-order valence-electron chi connectivity index (χ4n) is 2.86. The molecule has 6 heteroatoms. The highest BCUT2D eigenvalue weighted by Gasteiger charge is 2.21. The van der Waals surface area contributed by atoms with Crippen molar-refractivity contribution >= 4 is 27.3 Å². The van der Waals surface area contributed by atoms with Gasteiger partial charge in [0.05, 0.1) is 10.6 Å². The average molecular weight is 394 g/mol. The van der Waals surface area contributed by atoms with Gasteiger partial charge in [-0.2, -0.15) is 0 Å². The van der Waals surface area contributed by atoms with Crippen LogP contribution in [0.5, 0.6) is 0 Å². The van der Waals surface area contributed by atoms with Crippen molar-refractivity contribution in [2.75, 3.05) is 16.7 Å². The van der Waals surface area contributed by atoms with Gasteiger partial charge in [-0.1, -0.05) is 35.9 Å². The van der Waals surface area contributed by atoms with Crippen LogP contribution in [0.1, 0.15) is 21.5 Å². The molecule has 28 heavy (non-hydrogen) atoms. The summed E-state index contributed by atoms with van der Waals surface area (Å²) in [5.74, 6) is -0.243. The number of amides is 1. The van der Waals surface area contributed by atoms with Crippen LogP contribution in [0.15, 0.2) is 77.7 Å². The Bertz CT molecular complexity index is 1090. The zero-order chi connectivity index (χ0) is 20.3. The van der Waals surface area contributed by atoms with Crippen LogP contribution in [0.3, 0.4) is 0 Å². The van der Waals surface area contributed by atoms with Gasteiger partial charge < -0.3 is 5.32 Å². The van der Waals surface area contributed by atoms with Crippen LogP contribution in [0.2, 0.25) is 0 Å². The predicted molar refractivity (Wildman–Crippen MR) is 112 cm³/mol. The molecule has 0 atom stereocenters. The van der Waals surface area contributed by atoms with Crippen molar-refractivity contribution in [3.8, 4) is 0 Å². The third kappa shape index (κ3) is 4.07. The number of nitrogens with zero attached hydrogens (tertiary/aromatic N) is 1. The molecule has 0 fully saturated rings. The van der Waals surface area contributed by atoms with Crippen LogP contribution >= 0.6 is 0 Å². The lowest BCUT2D eigenvalue weighted by Gasteiger charge is -2.19. The van der Waals surface area contributed by atoms with Crippen molar-refractivity contribution in [3.05, 3.63) is 89.5 Å². The highest BCUT2D eigenvalue weighted by molar-refractivity contribution is 7.92. The maximum atomic E-state index is 12.7. The Kier molecular flexibility index (Phi) is 5.51. The number of hydrogen-bond donors (Lipinski definition) is 1. The molecule has 0 bridgehead atoms. The smallest absolute Gasteiger partial charge is 0.264 e. The average Bonchev–Trinajstić information content (AvgIpc) is 2.70. The van der Waals surface area contributed by atoms with Gasteiger partial charge in [0.1, 0.15) is 0 Å². The molecule has 1 amide bonds. The van der Waals surface area contributed by atoms with Crippen LogP contribution in [-0.2, 0) is 10.0 Å². The summed E-state index contributed by atoms with van der Waals surface area (Å²) in [5, 5.41) is 2.89. The Morgan fingerprint density at radius 3 is 2.14 bits per heavy atom. The van der Waals surface area contributed by atoms with E-state index < -0.39 is 10.0 Å². The van der Waals surface area contributed by atoms with E-state index in [9.17, 15) is 13.2 Å². The molecule has 0 spiro atoms. The number of aryl methyl sites for hydroxylation is 2. The number of anilines is 2.